The number of esters is 4. The lowest BCUT2D eigenvalue weighted by molar-refractivity contribution is -0.340. The molecule has 3 aromatic carbocycles. The topological polar surface area (TPSA) is 224 Å². The monoisotopic (exact) mass is 827 g/mol. The molecule has 1 unspecified atom stereocenters. The second kappa shape index (κ2) is 16.6. The Kier molecular flexibility index (Phi) is 11.9. The zero-order valence-corrected chi connectivity index (χ0v) is 33.6. The number of Topliss-reactive ketones (excluding diaryl/α,β-unsaturated/α-hetero) is 1. The maximum Gasteiger partial charge on any atom is 0.338 e. The average molecular weight is 828 g/mol. The number of fused-ring (bicyclic) bond motifs is 5. The first-order valence-electron chi connectivity index (χ1n) is 19.8. The van der Waals surface area contributed by atoms with E-state index in [1.807, 2.05) is 0 Å². The van der Waals surface area contributed by atoms with Crippen molar-refractivity contribution in [3.8, 4) is 0 Å². The Hall–Kier alpha value is -5.29. The minimum Gasteiger partial charge on any atom is -0.456 e. The van der Waals surface area contributed by atoms with Crippen molar-refractivity contribution in [2.45, 2.75) is 107 Å². The van der Waals surface area contributed by atoms with E-state index in [1.165, 1.54) is 26.0 Å². The van der Waals surface area contributed by atoms with Crippen molar-refractivity contribution >= 4 is 29.7 Å². The standard InChI is InChI=1S/C45H49NO14/c1-24-30-21-44(55,22-31(24)58-42(54)35(50)34(27-14-8-5-9-15-27)46-40(52)28-16-10-6-11-17-28)39(59-41(53)29-18-12-7-13-19-29)37-43(4,38(51)36(30)57-25(2)47)32(49)20-33-45(37,23-56-33)60-26(3)48/h5-19,31-37,39-40,46,49-50,52,55H,20-23H2,1-4H3/t31-,32-,33+,34-,35+,36+,37-,39-,40?,43+,44+,45-/m0/s1. The average Bonchev–Trinajstić information content (AvgIpc) is 3.23. The van der Waals surface area contributed by atoms with E-state index >= 15 is 4.79 Å². The summed E-state index contributed by atoms with van der Waals surface area (Å²) in [5, 5.41) is 50.8. The molecule has 4 aliphatic rings. The number of aliphatic hydroxyl groups excluding tert-OH is 3. The summed E-state index contributed by atoms with van der Waals surface area (Å²) in [7, 11) is 0. The number of carbonyl (C=O) groups excluding carboxylic acids is 5. The second-order valence-electron chi connectivity index (χ2n) is 16.3. The molecule has 0 spiro atoms. The number of benzene rings is 3. The molecular formula is C45H49NO14. The molecule has 0 radical (unpaired) electrons. The molecule has 1 aliphatic heterocycles. The van der Waals surface area contributed by atoms with Gasteiger partial charge in [0.2, 0.25) is 0 Å². The Morgan fingerprint density at radius 1 is 0.850 bits per heavy atom. The summed E-state index contributed by atoms with van der Waals surface area (Å²) >= 11 is 0. The van der Waals surface area contributed by atoms with Crippen molar-refractivity contribution in [1.82, 2.24) is 5.32 Å². The summed E-state index contributed by atoms with van der Waals surface area (Å²) in [4.78, 5) is 69.1. The molecule has 3 aliphatic carbocycles. The number of nitrogens with one attached hydrogen (secondary N) is 1. The van der Waals surface area contributed by atoms with Crippen LogP contribution in [0.15, 0.2) is 102 Å². The number of hydrogen-bond donors (Lipinski definition) is 5. The summed E-state index contributed by atoms with van der Waals surface area (Å²) in [5.41, 5.74) is -4.82. The molecule has 5 N–H and O–H groups in total. The number of hydrogen-bond acceptors (Lipinski definition) is 15. The van der Waals surface area contributed by atoms with E-state index in [-0.39, 0.29) is 29.7 Å². The van der Waals surface area contributed by atoms with Gasteiger partial charge >= 0.3 is 23.9 Å². The summed E-state index contributed by atoms with van der Waals surface area (Å²) in [5.74, 6) is -6.09. The van der Waals surface area contributed by atoms with E-state index in [0.29, 0.717) is 11.1 Å². The van der Waals surface area contributed by atoms with E-state index < -0.39 is 114 Å². The molecule has 1 heterocycles. The zero-order chi connectivity index (χ0) is 43.1. The maximum atomic E-state index is 15.2. The summed E-state index contributed by atoms with van der Waals surface area (Å²) < 4.78 is 29.8. The molecule has 3 fully saturated rings. The van der Waals surface area contributed by atoms with Crippen LogP contribution in [0.5, 0.6) is 0 Å². The molecule has 7 rings (SSSR count). The molecule has 15 heteroatoms. The van der Waals surface area contributed by atoms with Crippen LogP contribution in [0.3, 0.4) is 0 Å². The normalized spacial score (nSPS) is 32.3. The highest BCUT2D eigenvalue weighted by atomic mass is 16.6. The van der Waals surface area contributed by atoms with Gasteiger partial charge in [0.15, 0.2) is 23.6 Å². The predicted molar refractivity (Wildman–Crippen MR) is 209 cm³/mol. The summed E-state index contributed by atoms with van der Waals surface area (Å²) in [6.45, 7) is 4.87. The SMILES string of the molecule is CC(=O)O[C@H]1C(=O)[C@@]2(C)[C@H]([C@H](OC(=O)c3ccccc3)[C@@]3(O)CC1=C(C)[C@@H](OC(=O)[C@H](O)[C@@H](NC(O)c1ccccc1)c1ccccc1)C3)[C@]1(OC(C)=O)CO[C@@H]1C[C@@H]2O. The first-order chi connectivity index (χ1) is 28.5. The fraction of sp³-hybridized carbons (Fsp3) is 0.444. The third-order valence-corrected chi connectivity index (χ3v) is 12.6. The number of ether oxygens (including phenoxy) is 5. The van der Waals surface area contributed by atoms with Gasteiger partial charge in [0, 0.05) is 33.1 Å². The molecule has 3 aromatic rings. The van der Waals surface area contributed by atoms with Crippen molar-refractivity contribution in [1.29, 1.82) is 0 Å². The van der Waals surface area contributed by atoms with Gasteiger partial charge in [-0.05, 0) is 48.3 Å². The van der Waals surface area contributed by atoms with E-state index in [9.17, 15) is 39.6 Å². The molecule has 15 nitrogen and oxygen atoms in total. The van der Waals surface area contributed by atoms with Crippen molar-refractivity contribution in [2.75, 3.05) is 6.61 Å². The van der Waals surface area contributed by atoms with E-state index in [2.05, 4.69) is 5.32 Å². The van der Waals surface area contributed by atoms with Gasteiger partial charge < -0.3 is 44.1 Å². The van der Waals surface area contributed by atoms with Gasteiger partial charge in [-0.25, -0.2) is 9.59 Å². The Morgan fingerprint density at radius 2 is 1.45 bits per heavy atom. The highest BCUT2D eigenvalue weighted by molar-refractivity contribution is 5.95. The van der Waals surface area contributed by atoms with E-state index in [4.69, 9.17) is 23.7 Å². The number of ketones is 1. The van der Waals surface area contributed by atoms with Crippen LogP contribution >= 0.6 is 0 Å². The van der Waals surface area contributed by atoms with Crippen LogP contribution in [0, 0.1) is 11.3 Å². The molecule has 2 bridgehead atoms. The lowest BCUT2D eigenvalue weighted by Crippen LogP contribution is -2.80. The van der Waals surface area contributed by atoms with E-state index in [0.717, 1.165) is 13.8 Å². The van der Waals surface area contributed by atoms with Crippen LogP contribution in [0.4, 0.5) is 0 Å². The van der Waals surface area contributed by atoms with Crippen LogP contribution in [0.1, 0.15) is 80.7 Å². The van der Waals surface area contributed by atoms with Gasteiger partial charge in [-0.2, -0.15) is 0 Å². The Balaban J connectivity index is 1.33. The minimum absolute atomic E-state index is 0.0228. The number of aliphatic hydroxyl groups is 4. The van der Waals surface area contributed by atoms with Crippen LogP contribution < -0.4 is 5.32 Å². The van der Waals surface area contributed by atoms with Crippen molar-refractivity contribution in [3.63, 3.8) is 0 Å². The van der Waals surface area contributed by atoms with Crippen LogP contribution in [-0.4, -0.2) is 105 Å². The molecule has 0 amide bonds. The zero-order valence-electron chi connectivity index (χ0n) is 33.6. The fourth-order valence-electron chi connectivity index (χ4n) is 9.52. The van der Waals surface area contributed by atoms with Gasteiger partial charge in [0.05, 0.1) is 35.6 Å². The molecule has 318 valence electrons. The smallest absolute Gasteiger partial charge is 0.338 e. The van der Waals surface area contributed by atoms with Crippen LogP contribution in [0.2, 0.25) is 0 Å². The van der Waals surface area contributed by atoms with Crippen molar-refractivity contribution in [2.24, 2.45) is 11.3 Å². The van der Waals surface area contributed by atoms with Gasteiger partial charge in [-0.1, -0.05) is 78.9 Å². The number of carbonyl (C=O) groups is 5. The van der Waals surface area contributed by atoms with Crippen molar-refractivity contribution in [3.05, 3.63) is 119 Å². The predicted octanol–water partition coefficient (Wildman–Crippen LogP) is 2.95. The fourth-order valence-corrected chi connectivity index (χ4v) is 9.52. The third-order valence-electron chi connectivity index (χ3n) is 12.6. The Bertz CT molecular complexity index is 2150. The highest BCUT2D eigenvalue weighted by Gasteiger charge is 2.76. The molecule has 1 saturated heterocycles. The quantitative estimate of drug-likeness (QED) is 0.0811. The van der Waals surface area contributed by atoms with Gasteiger partial charge in [-0.15, -0.1) is 0 Å². The van der Waals surface area contributed by atoms with Crippen molar-refractivity contribution < 1.29 is 68.1 Å². The first kappa shape index (κ1) is 42.8. The molecule has 2 saturated carbocycles. The van der Waals surface area contributed by atoms with Gasteiger partial charge in [-0.3, -0.25) is 19.7 Å². The lowest BCUT2D eigenvalue weighted by Gasteiger charge is -2.65. The maximum absolute atomic E-state index is 15.2. The number of rotatable bonds is 11. The lowest BCUT2D eigenvalue weighted by atomic mass is 9.48. The second-order valence-corrected chi connectivity index (χ2v) is 16.3. The Morgan fingerprint density at radius 3 is 2.02 bits per heavy atom. The minimum atomic E-state index is -2.27. The molecule has 12 atom stereocenters. The third kappa shape index (κ3) is 7.65. The van der Waals surface area contributed by atoms with Crippen LogP contribution in [-0.2, 0) is 42.9 Å². The first-order valence-corrected chi connectivity index (χ1v) is 19.8. The summed E-state index contributed by atoms with van der Waals surface area (Å²) in [6.07, 6.45) is -11.9. The van der Waals surface area contributed by atoms with Crippen LogP contribution in [0.25, 0.3) is 0 Å². The summed E-state index contributed by atoms with van der Waals surface area (Å²) in [6, 6.07) is 23.6. The molecular weight excluding hydrogens is 778 g/mol. The molecule has 60 heavy (non-hydrogen) atoms. The Labute approximate surface area is 346 Å². The highest BCUT2D eigenvalue weighted by Crippen LogP contribution is 2.61. The van der Waals surface area contributed by atoms with Gasteiger partial charge in [0.1, 0.15) is 30.1 Å². The largest absolute Gasteiger partial charge is 0.456 e. The van der Waals surface area contributed by atoms with Gasteiger partial charge in [0.25, 0.3) is 0 Å². The van der Waals surface area contributed by atoms with E-state index in [1.54, 1.807) is 78.9 Å². The molecule has 0 aromatic heterocycles.